The molecule has 8 nitrogen and oxygen atoms in total. The number of halogens is 1. The van der Waals surface area contributed by atoms with E-state index >= 15 is 0 Å². The highest BCUT2D eigenvalue weighted by Crippen LogP contribution is 2.47. The van der Waals surface area contributed by atoms with Crippen molar-refractivity contribution in [3.8, 4) is 23.2 Å². The molecule has 0 N–H and O–H groups in total. The number of ether oxygens (including phenoxy) is 1. The van der Waals surface area contributed by atoms with Gasteiger partial charge in [0.05, 0.1) is 41.3 Å². The molecule has 1 atom stereocenters. The number of hydrogen-bond acceptors (Lipinski definition) is 6. The molecular weight excluding hydrogens is 512 g/mol. The van der Waals surface area contributed by atoms with Gasteiger partial charge in [-0.05, 0) is 62.2 Å². The number of aromatic nitrogens is 3. The van der Waals surface area contributed by atoms with Crippen molar-refractivity contribution in [2.45, 2.75) is 32.9 Å². The molecule has 0 aliphatic carbocycles. The second-order valence-corrected chi connectivity index (χ2v) is 10.5. The maximum absolute atomic E-state index is 14.2. The Bertz CT molecular complexity index is 1620. The number of methoxy groups -OCH3 is 1. The number of nitriles is 1. The lowest BCUT2D eigenvalue weighted by molar-refractivity contribution is 0.0993. The summed E-state index contributed by atoms with van der Waals surface area (Å²) in [5.41, 5.74) is 6.05. The van der Waals surface area contributed by atoms with Crippen molar-refractivity contribution in [2.24, 2.45) is 0 Å². The number of carbonyl (C=O) groups excluding carboxylic acids is 1. The van der Waals surface area contributed by atoms with Crippen molar-refractivity contribution in [3.05, 3.63) is 87.7 Å². The Hall–Kier alpha value is -4.35. The molecule has 1 unspecified atom stereocenters. The minimum Gasteiger partial charge on any atom is -0.480 e. The average Bonchev–Trinajstić information content (AvgIpc) is 3.44. The molecule has 9 heteroatoms. The molecule has 2 aromatic heterocycles. The summed E-state index contributed by atoms with van der Waals surface area (Å²) in [6.07, 6.45) is 1.74. The smallest absolute Gasteiger partial charge is 0.261 e. The average molecular weight is 541 g/mol. The summed E-state index contributed by atoms with van der Waals surface area (Å²) in [7, 11) is 5.32. The van der Waals surface area contributed by atoms with Crippen molar-refractivity contribution in [2.75, 3.05) is 31.0 Å². The molecule has 0 radical (unpaired) electrons. The van der Waals surface area contributed by atoms with E-state index in [1.165, 1.54) is 0 Å². The Morgan fingerprint density at radius 2 is 1.82 bits per heavy atom. The molecule has 1 amide bonds. The SMILES string of the molecule is COc1nc(N(C)C)ncc1-c1cc2c(n1C(C)C)C(c1ccc(C#N)cc1)N(c1cc(Cl)ccc1C)C2=O. The topological polar surface area (TPSA) is 87.3 Å². The van der Waals surface area contributed by atoms with E-state index in [1.807, 2.05) is 62.3 Å². The molecule has 3 heterocycles. The number of fused-ring (bicyclic) bond motifs is 1. The third kappa shape index (κ3) is 4.39. The van der Waals surface area contributed by atoms with Gasteiger partial charge in [0.2, 0.25) is 11.8 Å². The number of rotatable bonds is 6. The van der Waals surface area contributed by atoms with Gasteiger partial charge in [-0.1, -0.05) is 29.8 Å². The Morgan fingerprint density at radius 3 is 2.44 bits per heavy atom. The van der Waals surface area contributed by atoms with Gasteiger partial charge < -0.3 is 14.2 Å². The molecule has 4 aromatic rings. The van der Waals surface area contributed by atoms with E-state index in [2.05, 4.69) is 34.5 Å². The van der Waals surface area contributed by atoms with Crippen LogP contribution in [0.4, 0.5) is 11.6 Å². The van der Waals surface area contributed by atoms with E-state index in [9.17, 15) is 10.1 Å². The first-order chi connectivity index (χ1) is 18.7. The monoisotopic (exact) mass is 540 g/mol. The third-order valence-electron chi connectivity index (χ3n) is 6.96. The summed E-state index contributed by atoms with van der Waals surface area (Å²) in [6.45, 7) is 6.13. The highest BCUT2D eigenvalue weighted by Gasteiger charge is 2.44. The van der Waals surface area contributed by atoms with Gasteiger partial charge in [0.25, 0.3) is 5.91 Å². The van der Waals surface area contributed by atoms with Crippen LogP contribution in [0, 0.1) is 18.3 Å². The van der Waals surface area contributed by atoms with Crippen molar-refractivity contribution in [3.63, 3.8) is 0 Å². The van der Waals surface area contributed by atoms with E-state index in [-0.39, 0.29) is 11.9 Å². The van der Waals surface area contributed by atoms with E-state index < -0.39 is 6.04 Å². The van der Waals surface area contributed by atoms with E-state index in [1.54, 1.807) is 30.3 Å². The van der Waals surface area contributed by atoms with Gasteiger partial charge in [0, 0.05) is 37.0 Å². The number of carbonyl (C=O) groups is 1. The fourth-order valence-corrected chi connectivity index (χ4v) is 5.33. The molecule has 5 rings (SSSR count). The quantitative estimate of drug-likeness (QED) is 0.290. The van der Waals surface area contributed by atoms with Crippen LogP contribution >= 0.6 is 11.6 Å². The van der Waals surface area contributed by atoms with Crippen LogP contribution in [0.1, 0.15) is 58.7 Å². The largest absolute Gasteiger partial charge is 0.480 e. The van der Waals surface area contributed by atoms with Crippen LogP contribution in [0.25, 0.3) is 11.3 Å². The second kappa shape index (κ2) is 10.1. The molecule has 0 spiro atoms. The van der Waals surface area contributed by atoms with Gasteiger partial charge >= 0.3 is 0 Å². The lowest BCUT2D eigenvalue weighted by Crippen LogP contribution is -2.30. The lowest BCUT2D eigenvalue weighted by atomic mass is 10.0. The number of benzene rings is 2. The van der Waals surface area contributed by atoms with Crippen LogP contribution in [-0.2, 0) is 0 Å². The zero-order valence-electron chi connectivity index (χ0n) is 22.7. The Morgan fingerprint density at radius 1 is 1.10 bits per heavy atom. The van der Waals surface area contributed by atoms with Crippen LogP contribution < -0.4 is 14.5 Å². The van der Waals surface area contributed by atoms with Crippen molar-refractivity contribution >= 4 is 29.1 Å². The molecule has 2 aromatic carbocycles. The molecule has 1 aliphatic heterocycles. The van der Waals surface area contributed by atoms with Gasteiger partial charge in [0.15, 0.2) is 0 Å². The first-order valence-electron chi connectivity index (χ1n) is 12.6. The standard InChI is InChI=1S/C30H29ClN6O2/c1-17(2)36-25(23-16-33-30(35(4)5)34-28(23)39-6)14-22-27(36)26(20-10-8-19(15-32)9-11-20)37(29(22)38)24-13-21(31)12-7-18(24)3/h7-14,16-17,26H,1-6H3. The number of nitrogens with zero attached hydrogens (tertiary/aromatic N) is 6. The molecule has 39 heavy (non-hydrogen) atoms. The fraction of sp³-hybridized carbons (Fsp3) is 0.267. The maximum atomic E-state index is 14.2. The van der Waals surface area contributed by atoms with Crippen LogP contribution in [-0.4, -0.2) is 41.6 Å². The van der Waals surface area contributed by atoms with Gasteiger partial charge in [-0.3, -0.25) is 9.69 Å². The minimum absolute atomic E-state index is 0.00364. The molecule has 1 aliphatic rings. The molecule has 198 valence electrons. The summed E-state index contributed by atoms with van der Waals surface area (Å²) < 4.78 is 7.84. The van der Waals surface area contributed by atoms with E-state index in [0.29, 0.717) is 33.5 Å². The Kier molecular flexibility index (Phi) is 6.79. The Labute approximate surface area is 233 Å². The first-order valence-corrected chi connectivity index (χ1v) is 13.0. The minimum atomic E-state index is -0.443. The summed E-state index contributed by atoms with van der Waals surface area (Å²) in [5, 5.41) is 9.93. The van der Waals surface area contributed by atoms with Crippen LogP contribution in [0.5, 0.6) is 5.88 Å². The number of amides is 1. The highest BCUT2D eigenvalue weighted by molar-refractivity contribution is 6.31. The van der Waals surface area contributed by atoms with E-state index in [4.69, 9.17) is 16.3 Å². The van der Waals surface area contributed by atoms with Gasteiger partial charge in [0.1, 0.15) is 6.04 Å². The lowest BCUT2D eigenvalue weighted by Gasteiger charge is -2.30. The predicted molar refractivity (Wildman–Crippen MR) is 153 cm³/mol. The van der Waals surface area contributed by atoms with Gasteiger partial charge in [-0.15, -0.1) is 0 Å². The number of anilines is 2. The zero-order valence-corrected chi connectivity index (χ0v) is 23.5. The van der Waals surface area contributed by atoms with Crippen molar-refractivity contribution in [1.29, 1.82) is 5.26 Å². The maximum Gasteiger partial charge on any atom is 0.261 e. The van der Waals surface area contributed by atoms with Gasteiger partial charge in [-0.2, -0.15) is 10.2 Å². The van der Waals surface area contributed by atoms with Crippen molar-refractivity contribution in [1.82, 2.24) is 14.5 Å². The first kappa shape index (κ1) is 26.3. The molecule has 0 saturated carbocycles. The summed E-state index contributed by atoms with van der Waals surface area (Å²) in [6, 6.07) is 16.6. The third-order valence-corrected chi connectivity index (χ3v) is 7.19. The number of hydrogen-bond donors (Lipinski definition) is 0. The second-order valence-electron chi connectivity index (χ2n) is 10.0. The van der Waals surface area contributed by atoms with Gasteiger partial charge in [-0.25, -0.2) is 4.98 Å². The number of aryl methyl sites for hydroxylation is 1. The molecule has 0 saturated heterocycles. The summed E-state index contributed by atoms with van der Waals surface area (Å²) in [5.74, 6) is 0.826. The van der Waals surface area contributed by atoms with Crippen LogP contribution in [0.15, 0.2) is 54.7 Å². The van der Waals surface area contributed by atoms with Crippen LogP contribution in [0.3, 0.4) is 0 Å². The molecule has 0 bridgehead atoms. The normalized spacial score (nSPS) is 14.5. The summed E-state index contributed by atoms with van der Waals surface area (Å²) in [4.78, 5) is 27.0. The molecular formula is C30H29ClN6O2. The zero-order chi connectivity index (χ0) is 28.0. The molecule has 0 fully saturated rings. The van der Waals surface area contributed by atoms with Crippen molar-refractivity contribution < 1.29 is 9.53 Å². The highest BCUT2D eigenvalue weighted by atomic mass is 35.5. The Balaban J connectivity index is 1.78. The fourth-order valence-electron chi connectivity index (χ4n) is 5.16. The van der Waals surface area contributed by atoms with Crippen LogP contribution in [0.2, 0.25) is 5.02 Å². The van der Waals surface area contributed by atoms with E-state index in [0.717, 1.165) is 28.2 Å². The predicted octanol–water partition coefficient (Wildman–Crippen LogP) is 6.18. The summed E-state index contributed by atoms with van der Waals surface area (Å²) >= 11 is 6.41.